The van der Waals surface area contributed by atoms with E-state index in [0.29, 0.717) is 23.3 Å². The van der Waals surface area contributed by atoms with E-state index in [0.717, 1.165) is 32.1 Å². The lowest BCUT2D eigenvalue weighted by Gasteiger charge is -2.06. The maximum Gasteiger partial charge on any atom is 0.150 e. The Morgan fingerprint density at radius 1 is 1.00 bits per heavy atom. The Morgan fingerprint density at radius 2 is 1.60 bits per heavy atom. The van der Waals surface area contributed by atoms with E-state index in [-0.39, 0.29) is 0 Å². The molecule has 0 amide bonds. The summed E-state index contributed by atoms with van der Waals surface area (Å²) in [6.45, 7) is 4.10. The van der Waals surface area contributed by atoms with Crippen molar-refractivity contribution in [2.24, 2.45) is 5.92 Å². The molecule has 4 heteroatoms. The molecule has 0 aromatic heterocycles. The Morgan fingerprint density at radius 3 is 2.13 bits per heavy atom. The second-order valence-corrected chi connectivity index (χ2v) is 7.12. The topological polar surface area (TPSA) is 34.1 Å². The van der Waals surface area contributed by atoms with Gasteiger partial charge < -0.3 is 0 Å². The molecule has 0 aliphatic carbocycles. The Kier molecular flexibility index (Phi) is 8.53. The van der Waals surface area contributed by atoms with Crippen LogP contribution in [0, 0.1) is 5.92 Å². The molecule has 0 aromatic rings. The monoisotopic (exact) mass is 254 g/mol. The van der Waals surface area contributed by atoms with Crippen molar-refractivity contribution in [1.29, 1.82) is 0 Å². The van der Waals surface area contributed by atoms with E-state index >= 15 is 0 Å². The van der Waals surface area contributed by atoms with Gasteiger partial charge in [-0.1, -0.05) is 26.7 Å². The van der Waals surface area contributed by atoms with Crippen LogP contribution in [0.2, 0.25) is 0 Å². The summed E-state index contributed by atoms with van der Waals surface area (Å²) < 4.78 is 23.1. The van der Waals surface area contributed by atoms with Gasteiger partial charge in [-0.25, -0.2) is 8.42 Å². The summed E-state index contributed by atoms with van der Waals surface area (Å²) in [4.78, 5) is 0. The maximum atomic E-state index is 11.5. The van der Waals surface area contributed by atoms with Crippen LogP contribution in [0.5, 0.6) is 0 Å². The van der Waals surface area contributed by atoms with Gasteiger partial charge in [-0.05, 0) is 25.2 Å². The summed E-state index contributed by atoms with van der Waals surface area (Å²) in [5, 5.41) is 0. The molecule has 92 valence electrons. The average molecular weight is 255 g/mol. The predicted molar refractivity (Wildman–Crippen MR) is 67.3 cm³/mol. The van der Waals surface area contributed by atoms with Gasteiger partial charge in [0.25, 0.3) is 0 Å². The van der Waals surface area contributed by atoms with Crippen molar-refractivity contribution < 1.29 is 8.42 Å². The molecular weight excluding hydrogens is 232 g/mol. The van der Waals surface area contributed by atoms with Crippen LogP contribution in [0.4, 0.5) is 0 Å². The molecular formula is C11H23ClO2S. The number of alkyl halides is 1. The van der Waals surface area contributed by atoms with Crippen molar-refractivity contribution in [2.75, 3.05) is 17.4 Å². The minimum absolute atomic E-state index is 0.347. The fraction of sp³-hybridized carbons (Fsp3) is 1.00. The highest BCUT2D eigenvalue weighted by atomic mass is 35.5. The van der Waals surface area contributed by atoms with Crippen molar-refractivity contribution in [2.45, 2.75) is 46.0 Å². The van der Waals surface area contributed by atoms with Gasteiger partial charge in [0, 0.05) is 5.88 Å². The summed E-state index contributed by atoms with van der Waals surface area (Å²) in [5.74, 6) is 1.85. The standard InChI is InChI=1S/C11H23ClO2S/c1-11(2)7-10-15(13,14)9-6-4-3-5-8-12/h11H,3-10H2,1-2H3. The Hall–Kier alpha value is 0.240. The van der Waals surface area contributed by atoms with Crippen LogP contribution in [-0.4, -0.2) is 25.8 Å². The zero-order chi connectivity index (χ0) is 11.7. The normalized spacial score (nSPS) is 12.3. The van der Waals surface area contributed by atoms with Gasteiger partial charge in [0.1, 0.15) is 9.84 Å². The van der Waals surface area contributed by atoms with Gasteiger partial charge in [0.05, 0.1) is 11.5 Å². The lowest BCUT2D eigenvalue weighted by atomic mass is 10.2. The van der Waals surface area contributed by atoms with Crippen LogP contribution in [-0.2, 0) is 9.84 Å². The van der Waals surface area contributed by atoms with E-state index < -0.39 is 9.84 Å². The number of halogens is 1. The second kappa shape index (κ2) is 8.40. The van der Waals surface area contributed by atoms with Crippen molar-refractivity contribution >= 4 is 21.4 Å². The Balaban J connectivity index is 3.56. The summed E-state index contributed by atoms with van der Waals surface area (Å²) in [6.07, 6.45) is 4.59. The molecule has 0 aliphatic heterocycles. The fourth-order valence-corrected chi connectivity index (χ4v) is 3.15. The summed E-state index contributed by atoms with van der Waals surface area (Å²) >= 11 is 5.54. The highest BCUT2D eigenvalue weighted by Gasteiger charge is 2.10. The number of hydrogen-bond acceptors (Lipinski definition) is 2. The van der Waals surface area contributed by atoms with E-state index in [1.165, 1.54) is 0 Å². The van der Waals surface area contributed by atoms with Gasteiger partial charge in [-0.2, -0.15) is 0 Å². The molecule has 0 spiro atoms. The van der Waals surface area contributed by atoms with Crippen molar-refractivity contribution in [3.63, 3.8) is 0 Å². The Bertz CT molecular complexity index is 235. The predicted octanol–water partition coefficient (Wildman–Crippen LogP) is 3.25. The van der Waals surface area contributed by atoms with Crippen molar-refractivity contribution in [3.8, 4) is 0 Å². The molecule has 0 bridgehead atoms. The van der Waals surface area contributed by atoms with Crippen LogP contribution in [0.15, 0.2) is 0 Å². The van der Waals surface area contributed by atoms with Gasteiger partial charge >= 0.3 is 0 Å². The van der Waals surface area contributed by atoms with Crippen LogP contribution in [0.25, 0.3) is 0 Å². The zero-order valence-electron chi connectivity index (χ0n) is 9.84. The molecule has 0 radical (unpaired) electrons. The first kappa shape index (κ1) is 15.2. The van der Waals surface area contributed by atoms with Crippen LogP contribution in [0.3, 0.4) is 0 Å². The summed E-state index contributed by atoms with van der Waals surface area (Å²) in [6, 6.07) is 0. The molecule has 0 fully saturated rings. The molecule has 0 aliphatic rings. The van der Waals surface area contributed by atoms with E-state index in [2.05, 4.69) is 13.8 Å². The van der Waals surface area contributed by atoms with Gasteiger partial charge in [-0.3, -0.25) is 0 Å². The van der Waals surface area contributed by atoms with Crippen molar-refractivity contribution in [1.82, 2.24) is 0 Å². The first-order valence-corrected chi connectivity index (χ1v) is 8.10. The third-order valence-corrected chi connectivity index (χ3v) is 4.38. The maximum absolute atomic E-state index is 11.5. The largest absolute Gasteiger partial charge is 0.229 e. The van der Waals surface area contributed by atoms with Gasteiger partial charge in [0.15, 0.2) is 0 Å². The first-order chi connectivity index (χ1) is 6.98. The third-order valence-electron chi connectivity index (χ3n) is 2.35. The minimum Gasteiger partial charge on any atom is -0.229 e. The molecule has 0 unspecified atom stereocenters. The number of unbranched alkanes of at least 4 members (excludes halogenated alkanes) is 3. The molecule has 0 heterocycles. The molecule has 0 N–H and O–H groups in total. The molecule has 0 saturated heterocycles. The van der Waals surface area contributed by atoms with E-state index in [1.807, 2.05) is 0 Å². The summed E-state index contributed by atoms with van der Waals surface area (Å²) in [7, 11) is -2.80. The number of hydrogen-bond donors (Lipinski definition) is 0. The Labute approximate surface area is 99.3 Å². The van der Waals surface area contributed by atoms with Gasteiger partial charge in [0.2, 0.25) is 0 Å². The lowest BCUT2D eigenvalue weighted by molar-refractivity contribution is 0.569. The highest BCUT2D eigenvalue weighted by molar-refractivity contribution is 7.91. The average Bonchev–Trinajstić information content (AvgIpc) is 2.15. The fourth-order valence-electron chi connectivity index (χ4n) is 1.29. The number of sulfone groups is 1. The third kappa shape index (κ3) is 10.5. The molecule has 15 heavy (non-hydrogen) atoms. The molecule has 0 rings (SSSR count). The van der Waals surface area contributed by atoms with Crippen LogP contribution < -0.4 is 0 Å². The molecule has 0 atom stereocenters. The smallest absolute Gasteiger partial charge is 0.150 e. The van der Waals surface area contributed by atoms with Crippen LogP contribution in [0.1, 0.15) is 46.0 Å². The SMILES string of the molecule is CC(C)CCS(=O)(=O)CCCCCCCl. The highest BCUT2D eigenvalue weighted by Crippen LogP contribution is 2.07. The first-order valence-electron chi connectivity index (χ1n) is 5.74. The molecule has 0 aromatic carbocycles. The van der Waals surface area contributed by atoms with Crippen molar-refractivity contribution in [3.05, 3.63) is 0 Å². The minimum atomic E-state index is -2.80. The second-order valence-electron chi connectivity index (χ2n) is 4.44. The summed E-state index contributed by atoms with van der Waals surface area (Å²) in [5.41, 5.74) is 0. The van der Waals surface area contributed by atoms with E-state index in [9.17, 15) is 8.42 Å². The van der Waals surface area contributed by atoms with Crippen LogP contribution >= 0.6 is 11.6 Å². The van der Waals surface area contributed by atoms with Gasteiger partial charge in [-0.15, -0.1) is 11.6 Å². The quantitative estimate of drug-likeness (QED) is 0.468. The van der Waals surface area contributed by atoms with E-state index in [4.69, 9.17) is 11.6 Å². The molecule has 0 saturated carbocycles. The molecule has 2 nitrogen and oxygen atoms in total. The lowest BCUT2D eigenvalue weighted by Crippen LogP contribution is -2.12. The van der Waals surface area contributed by atoms with E-state index in [1.54, 1.807) is 0 Å². The number of rotatable bonds is 9. The zero-order valence-corrected chi connectivity index (χ0v) is 11.4.